The number of H-pyrrole nitrogens is 1. The topological polar surface area (TPSA) is 104 Å². The number of rotatable bonds is 7. The summed E-state index contributed by atoms with van der Waals surface area (Å²) in [6.45, 7) is 0.217. The first-order chi connectivity index (χ1) is 21.5. The lowest BCUT2D eigenvalue weighted by Gasteiger charge is -2.36. The number of aromatic nitrogens is 1. The summed E-state index contributed by atoms with van der Waals surface area (Å²) < 4.78 is 10.8. The van der Waals surface area contributed by atoms with E-state index in [9.17, 15) is 14.4 Å². The van der Waals surface area contributed by atoms with Gasteiger partial charge in [-0.3, -0.25) is 14.5 Å². The maximum Gasteiger partial charge on any atom is 0.332 e. The highest BCUT2D eigenvalue weighted by Crippen LogP contribution is 2.45. The number of nitrogens with one attached hydrogen (secondary N) is 2. The molecule has 1 fully saturated rings. The number of methoxy groups -OCH3 is 2. The minimum atomic E-state index is -0.744. The Morgan fingerprint density at radius 3 is 2.41 bits per heavy atom. The van der Waals surface area contributed by atoms with E-state index in [1.54, 1.807) is 43.4 Å². The van der Waals surface area contributed by atoms with E-state index in [0.29, 0.717) is 17.9 Å². The van der Waals surface area contributed by atoms with Crippen LogP contribution in [0.5, 0.6) is 11.5 Å². The fraction of sp³-hybridized carbons (Fsp3) is 0.171. The van der Waals surface area contributed by atoms with Gasteiger partial charge in [0.25, 0.3) is 11.8 Å². The third-order valence-electron chi connectivity index (χ3n) is 8.50. The number of urea groups is 1. The van der Waals surface area contributed by atoms with Gasteiger partial charge in [-0.25, -0.2) is 9.69 Å². The molecule has 9 nitrogen and oxygen atoms in total. The molecule has 0 aliphatic carbocycles. The largest absolute Gasteiger partial charge is 0.497 e. The van der Waals surface area contributed by atoms with Crippen LogP contribution < -0.4 is 19.7 Å². The predicted octanol–water partition coefficient (Wildman–Crippen LogP) is 5.60. The van der Waals surface area contributed by atoms with Gasteiger partial charge in [0.2, 0.25) is 0 Å². The molecule has 2 atom stereocenters. The molecule has 0 radical (unpaired) electrons. The van der Waals surface area contributed by atoms with Gasteiger partial charge in [0.1, 0.15) is 23.6 Å². The number of fused-ring (bicyclic) bond motifs is 4. The Bertz CT molecular complexity index is 1910. The molecular formula is C35H30N4O5. The summed E-state index contributed by atoms with van der Waals surface area (Å²) in [5.41, 5.74) is 4.96. The quantitative estimate of drug-likeness (QED) is 0.242. The average molecular weight is 587 g/mol. The predicted molar refractivity (Wildman–Crippen MR) is 166 cm³/mol. The van der Waals surface area contributed by atoms with Crippen LogP contribution in [0.25, 0.3) is 10.9 Å². The average Bonchev–Trinajstić information content (AvgIpc) is 3.56. The van der Waals surface area contributed by atoms with E-state index in [-0.39, 0.29) is 23.7 Å². The third-order valence-corrected chi connectivity index (χ3v) is 8.50. The van der Waals surface area contributed by atoms with Crippen LogP contribution in [0, 0.1) is 0 Å². The highest BCUT2D eigenvalue weighted by atomic mass is 16.5. The van der Waals surface area contributed by atoms with Crippen LogP contribution in [0.2, 0.25) is 0 Å². The Kier molecular flexibility index (Phi) is 6.77. The van der Waals surface area contributed by atoms with Crippen LogP contribution in [0.4, 0.5) is 10.5 Å². The molecule has 0 saturated carbocycles. The van der Waals surface area contributed by atoms with E-state index >= 15 is 0 Å². The molecule has 3 heterocycles. The van der Waals surface area contributed by atoms with Crippen molar-refractivity contribution in [3.63, 3.8) is 0 Å². The van der Waals surface area contributed by atoms with Crippen LogP contribution in [-0.4, -0.2) is 48.0 Å². The van der Waals surface area contributed by atoms with Crippen molar-refractivity contribution in [3.05, 3.63) is 125 Å². The van der Waals surface area contributed by atoms with Gasteiger partial charge in [-0.2, -0.15) is 0 Å². The van der Waals surface area contributed by atoms with Gasteiger partial charge in [0.05, 0.1) is 25.5 Å². The fourth-order valence-electron chi connectivity index (χ4n) is 6.41. The molecule has 1 saturated heterocycles. The van der Waals surface area contributed by atoms with Crippen molar-refractivity contribution in [1.82, 2.24) is 15.2 Å². The standard InChI is InChI=1S/C35H30N4O5/c1-43-23-17-15-21(16-18-23)32-31-26(24-10-4-6-12-27(24)37-31)19-29-34(41)39(35(42)38(29)32)28-13-7-5-11-25(28)33(40)36-20-22-9-3-8-14-30(22)44-2/h3-18,29,32,37H,19-20H2,1-2H3,(H,36,40)/t29-,32-/m0/s1. The number of benzene rings is 4. The zero-order chi connectivity index (χ0) is 30.4. The monoisotopic (exact) mass is 586 g/mol. The number of amides is 4. The van der Waals surface area contributed by atoms with Crippen molar-refractivity contribution >= 4 is 34.4 Å². The molecule has 220 valence electrons. The summed E-state index contributed by atoms with van der Waals surface area (Å²) in [6.07, 6.45) is 0.356. The van der Waals surface area contributed by atoms with Crippen molar-refractivity contribution < 1.29 is 23.9 Å². The summed E-state index contributed by atoms with van der Waals surface area (Å²) >= 11 is 0. The summed E-state index contributed by atoms with van der Waals surface area (Å²) in [5, 5.41) is 3.95. The zero-order valence-electron chi connectivity index (χ0n) is 24.2. The molecule has 4 aromatic carbocycles. The fourth-order valence-corrected chi connectivity index (χ4v) is 6.41. The lowest BCUT2D eigenvalue weighted by Crippen LogP contribution is -2.44. The number of para-hydroxylation sites is 3. The zero-order valence-corrected chi connectivity index (χ0v) is 24.2. The number of carbonyl (C=O) groups excluding carboxylic acids is 3. The molecule has 5 aromatic rings. The minimum Gasteiger partial charge on any atom is -0.497 e. The van der Waals surface area contributed by atoms with E-state index in [2.05, 4.69) is 10.3 Å². The number of aromatic amines is 1. The highest BCUT2D eigenvalue weighted by Gasteiger charge is 2.53. The lowest BCUT2D eigenvalue weighted by molar-refractivity contribution is -0.120. The Balaban J connectivity index is 1.27. The maximum absolute atomic E-state index is 14.4. The molecule has 0 unspecified atom stereocenters. The number of nitrogens with zero attached hydrogens (tertiary/aromatic N) is 2. The number of anilines is 1. The molecule has 44 heavy (non-hydrogen) atoms. The first kappa shape index (κ1) is 27.3. The van der Waals surface area contributed by atoms with Gasteiger partial charge >= 0.3 is 6.03 Å². The van der Waals surface area contributed by atoms with Crippen molar-refractivity contribution in [1.29, 1.82) is 0 Å². The normalized spacial score (nSPS) is 17.4. The van der Waals surface area contributed by atoms with Crippen LogP contribution in [0.3, 0.4) is 0 Å². The molecule has 0 spiro atoms. The Hall–Kier alpha value is -5.57. The van der Waals surface area contributed by atoms with Crippen LogP contribution >= 0.6 is 0 Å². The highest BCUT2D eigenvalue weighted by molar-refractivity contribution is 6.24. The summed E-state index contributed by atoms with van der Waals surface area (Å²) in [6, 6.07) is 27.9. The van der Waals surface area contributed by atoms with Crippen molar-refractivity contribution in [2.75, 3.05) is 19.1 Å². The molecule has 7 rings (SSSR count). The van der Waals surface area contributed by atoms with Crippen molar-refractivity contribution in [3.8, 4) is 11.5 Å². The lowest BCUT2D eigenvalue weighted by atomic mass is 9.89. The molecule has 0 bridgehead atoms. The smallest absolute Gasteiger partial charge is 0.332 e. The molecule has 9 heteroatoms. The maximum atomic E-state index is 14.4. The van der Waals surface area contributed by atoms with E-state index in [0.717, 1.165) is 38.2 Å². The number of ether oxygens (including phenoxy) is 2. The van der Waals surface area contributed by atoms with Gasteiger partial charge in [0.15, 0.2) is 0 Å². The summed E-state index contributed by atoms with van der Waals surface area (Å²) in [7, 11) is 3.18. The number of carbonyl (C=O) groups is 3. The van der Waals surface area contributed by atoms with Crippen LogP contribution in [0.1, 0.15) is 38.8 Å². The van der Waals surface area contributed by atoms with Crippen molar-refractivity contribution in [2.45, 2.75) is 25.0 Å². The van der Waals surface area contributed by atoms with Crippen LogP contribution in [0.15, 0.2) is 97.1 Å². The molecule has 2 aliphatic rings. The number of hydrogen-bond acceptors (Lipinski definition) is 5. The van der Waals surface area contributed by atoms with Gasteiger partial charge in [-0.15, -0.1) is 0 Å². The molecular weight excluding hydrogens is 556 g/mol. The molecule has 2 aliphatic heterocycles. The summed E-state index contributed by atoms with van der Waals surface area (Å²) in [5.74, 6) is 0.578. The van der Waals surface area contributed by atoms with Gasteiger partial charge in [-0.05, 0) is 47.5 Å². The Labute approximate surface area is 254 Å². The van der Waals surface area contributed by atoms with Gasteiger partial charge in [0, 0.05) is 35.1 Å². The molecule has 1 aromatic heterocycles. The van der Waals surface area contributed by atoms with E-state index in [1.807, 2.05) is 72.8 Å². The van der Waals surface area contributed by atoms with Crippen LogP contribution in [-0.2, 0) is 17.8 Å². The second-order valence-corrected chi connectivity index (χ2v) is 10.8. The van der Waals surface area contributed by atoms with Crippen molar-refractivity contribution in [2.24, 2.45) is 0 Å². The van der Waals surface area contributed by atoms with E-state index in [1.165, 1.54) is 0 Å². The summed E-state index contributed by atoms with van der Waals surface area (Å²) in [4.78, 5) is 48.4. The Morgan fingerprint density at radius 1 is 0.886 bits per heavy atom. The molecule has 2 N–H and O–H groups in total. The van der Waals surface area contributed by atoms with Gasteiger partial charge in [-0.1, -0.05) is 60.7 Å². The third kappa shape index (κ3) is 4.36. The SMILES string of the molecule is COc1ccc([C@H]2c3[nH]c4ccccc4c3C[C@H]3C(=O)N(c4ccccc4C(=O)NCc4ccccc4OC)C(=O)N23)cc1. The first-order valence-corrected chi connectivity index (χ1v) is 14.4. The van der Waals surface area contributed by atoms with Gasteiger partial charge < -0.3 is 19.8 Å². The number of imide groups is 1. The van der Waals surface area contributed by atoms with E-state index < -0.39 is 24.0 Å². The second-order valence-electron chi connectivity index (χ2n) is 10.8. The molecule has 4 amide bonds. The van der Waals surface area contributed by atoms with E-state index in [4.69, 9.17) is 9.47 Å². The Morgan fingerprint density at radius 2 is 1.61 bits per heavy atom. The number of hydrogen-bond donors (Lipinski definition) is 2. The first-order valence-electron chi connectivity index (χ1n) is 14.4. The second kappa shape index (κ2) is 10.9. The minimum absolute atomic E-state index is 0.217.